The molecule has 0 saturated carbocycles. The van der Waals surface area contributed by atoms with E-state index in [9.17, 15) is 4.79 Å². The minimum atomic E-state index is -0.383. The summed E-state index contributed by atoms with van der Waals surface area (Å²) in [5.41, 5.74) is 3.71. The van der Waals surface area contributed by atoms with Gasteiger partial charge in [-0.3, -0.25) is 14.6 Å². The Kier molecular flexibility index (Phi) is 4.84. The fourth-order valence-electron chi connectivity index (χ4n) is 1.17. The quantitative estimate of drug-likeness (QED) is 0.636. The van der Waals surface area contributed by atoms with Crippen LogP contribution in [0.5, 0.6) is 0 Å². The molecule has 1 aromatic rings. The Hall–Kier alpha value is -1.90. The Labute approximate surface area is 107 Å². The van der Waals surface area contributed by atoms with E-state index >= 15 is 0 Å². The van der Waals surface area contributed by atoms with Crippen molar-refractivity contribution in [2.75, 3.05) is 0 Å². The van der Waals surface area contributed by atoms with Gasteiger partial charge >= 0.3 is 0 Å². The summed E-state index contributed by atoms with van der Waals surface area (Å²) in [6.45, 7) is 6.01. The molecular formula is C13H17N3O2. The van der Waals surface area contributed by atoms with Crippen LogP contribution in [0.15, 0.2) is 24.3 Å². The summed E-state index contributed by atoms with van der Waals surface area (Å²) in [7, 11) is 0. The normalized spacial score (nSPS) is 10.8. The number of nitrogens with one attached hydrogen (secondary N) is 1. The van der Waals surface area contributed by atoms with Gasteiger partial charge in [-0.25, -0.2) is 0 Å². The molecule has 0 aliphatic heterocycles. The molecule has 1 N–H and O–H groups in total. The van der Waals surface area contributed by atoms with Crippen LogP contribution in [0.1, 0.15) is 31.9 Å². The first-order chi connectivity index (χ1) is 8.44. The van der Waals surface area contributed by atoms with Gasteiger partial charge in [0, 0.05) is 0 Å². The molecule has 0 atom stereocenters. The van der Waals surface area contributed by atoms with Gasteiger partial charge in [-0.1, -0.05) is 12.1 Å². The van der Waals surface area contributed by atoms with E-state index in [0.717, 1.165) is 5.56 Å². The Morgan fingerprint density at radius 1 is 1.39 bits per heavy atom. The zero-order valence-corrected chi connectivity index (χ0v) is 10.8. The molecule has 0 heterocycles. The van der Waals surface area contributed by atoms with Crippen molar-refractivity contribution in [2.24, 2.45) is 0 Å². The highest BCUT2D eigenvalue weighted by molar-refractivity contribution is 5.46. The minimum absolute atomic E-state index is 0.366. The number of hydrazine groups is 1. The lowest BCUT2D eigenvalue weighted by molar-refractivity contribution is -0.166. The van der Waals surface area contributed by atoms with Gasteiger partial charge in [0.15, 0.2) is 0 Å². The van der Waals surface area contributed by atoms with Crippen LogP contribution in [0.25, 0.3) is 0 Å². The number of rotatable bonds is 5. The lowest BCUT2D eigenvalue weighted by Crippen LogP contribution is -2.41. The fraction of sp³-hybridized carbons (Fsp3) is 0.385. The SMILES string of the molecule is CC(C)(C)ONN(C=O)Cc1ccc(C#N)cc1. The average Bonchev–Trinajstić information content (AvgIpc) is 2.34. The second-order valence-electron chi connectivity index (χ2n) is 4.85. The molecule has 96 valence electrons. The smallest absolute Gasteiger partial charge is 0.225 e. The second kappa shape index (κ2) is 6.15. The molecule has 1 amide bonds. The Morgan fingerprint density at radius 2 is 2.00 bits per heavy atom. The molecule has 0 fully saturated rings. The highest BCUT2D eigenvalue weighted by Gasteiger charge is 2.12. The Morgan fingerprint density at radius 3 is 2.44 bits per heavy atom. The maximum absolute atomic E-state index is 10.9. The molecule has 0 saturated heterocycles. The van der Waals surface area contributed by atoms with Crippen LogP contribution in [0.3, 0.4) is 0 Å². The molecule has 0 aliphatic rings. The summed E-state index contributed by atoms with van der Waals surface area (Å²) in [5, 5.41) is 9.98. The zero-order chi connectivity index (χ0) is 13.6. The molecule has 18 heavy (non-hydrogen) atoms. The number of nitrogens with zero attached hydrogens (tertiary/aromatic N) is 2. The lowest BCUT2D eigenvalue weighted by Gasteiger charge is -2.25. The van der Waals surface area contributed by atoms with Crippen LogP contribution in [0.2, 0.25) is 0 Å². The van der Waals surface area contributed by atoms with Gasteiger partial charge in [0.1, 0.15) is 0 Å². The number of hydrogen-bond acceptors (Lipinski definition) is 4. The highest BCUT2D eigenvalue weighted by Crippen LogP contribution is 2.07. The van der Waals surface area contributed by atoms with E-state index in [2.05, 4.69) is 5.59 Å². The summed E-state index contributed by atoms with van der Waals surface area (Å²) in [5.74, 6) is 0. The third-order valence-electron chi connectivity index (χ3n) is 2.03. The van der Waals surface area contributed by atoms with Gasteiger partial charge in [-0.15, -0.1) is 5.59 Å². The predicted octanol–water partition coefficient (Wildman–Crippen LogP) is 1.75. The first-order valence-electron chi connectivity index (χ1n) is 5.59. The van der Waals surface area contributed by atoms with E-state index in [1.807, 2.05) is 26.8 Å². The van der Waals surface area contributed by atoms with Gasteiger partial charge in [-0.2, -0.15) is 5.26 Å². The number of nitriles is 1. The monoisotopic (exact) mass is 247 g/mol. The van der Waals surface area contributed by atoms with Crippen molar-refractivity contribution < 1.29 is 9.63 Å². The number of hydrogen-bond donors (Lipinski definition) is 1. The van der Waals surface area contributed by atoms with Crippen molar-refractivity contribution >= 4 is 6.41 Å². The molecule has 5 nitrogen and oxygen atoms in total. The van der Waals surface area contributed by atoms with E-state index in [4.69, 9.17) is 10.1 Å². The van der Waals surface area contributed by atoms with Crippen molar-refractivity contribution in [1.82, 2.24) is 10.6 Å². The van der Waals surface area contributed by atoms with Crippen LogP contribution in [-0.2, 0) is 16.2 Å². The summed E-state index contributed by atoms with van der Waals surface area (Å²) >= 11 is 0. The summed E-state index contributed by atoms with van der Waals surface area (Å²) in [6, 6.07) is 9.06. The lowest BCUT2D eigenvalue weighted by atomic mass is 10.1. The van der Waals surface area contributed by atoms with Crippen LogP contribution >= 0.6 is 0 Å². The number of amides is 1. The second-order valence-corrected chi connectivity index (χ2v) is 4.85. The molecule has 0 aromatic heterocycles. The molecule has 1 rings (SSSR count). The third-order valence-corrected chi connectivity index (χ3v) is 2.03. The number of carbonyl (C=O) groups excluding carboxylic acids is 1. The Bertz CT molecular complexity index is 429. The van der Waals surface area contributed by atoms with Gasteiger partial charge in [0.05, 0.1) is 23.8 Å². The number of carbonyl (C=O) groups is 1. The zero-order valence-electron chi connectivity index (χ0n) is 10.8. The van der Waals surface area contributed by atoms with E-state index < -0.39 is 0 Å². The minimum Gasteiger partial charge on any atom is -0.277 e. The van der Waals surface area contributed by atoms with Crippen molar-refractivity contribution in [3.63, 3.8) is 0 Å². The third kappa shape index (κ3) is 4.95. The van der Waals surface area contributed by atoms with E-state index in [0.29, 0.717) is 18.5 Å². The molecular weight excluding hydrogens is 230 g/mol. The van der Waals surface area contributed by atoms with Crippen molar-refractivity contribution in [1.29, 1.82) is 5.26 Å². The molecule has 1 aromatic carbocycles. The summed E-state index contributed by atoms with van der Waals surface area (Å²) in [4.78, 5) is 16.2. The topological polar surface area (TPSA) is 65.4 Å². The molecule has 5 heteroatoms. The largest absolute Gasteiger partial charge is 0.277 e. The van der Waals surface area contributed by atoms with Gasteiger partial charge in [-0.05, 0) is 38.5 Å². The highest BCUT2D eigenvalue weighted by atomic mass is 16.7. The van der Waals surface area contributed by atoms with Crippen molar-refractivity contribution in [3.8, 4) is 6.07 Å². The average molecular weight is 247 g/mol. The molecule has 0 bridgehead atoms. The first kappa shape index (κ1) is 14.2. The van der Waals surface area contributed by atoms with Crippen LogP contribution < -0.4 is 5.59 Å². The molecule has 0 unspecified atom stereocenters. The maximum Gasteiger partial charge on any atom is 0.225 e. The van der Waals surface area contributed by atoms with Crippen LogP contribution in [0, 0.1) is 11.3 Å². The summed E-state index contributed by atoms with van der Waals surface area (Å²) < 4.78 is 0. The van der Waals surface area contributed by atoms with Gasteiger partial charge < -0.3 is 0 Å². The van der Waals surface area contributed by atoms with E-state index in [1.54, 1.807) is 24.3 Å². The summed E-state index contributed by atoms with van der Waals surface area (Å²) in [6.07, 6.45) is 0.657. The van der Waals surface area contributed by atoms with E-state index in [-0.39, 0.29) is 5.60 Å². The standard InChI is InChI=1S/C13H17N3O2/c1-13(2,3)18-15-16(10-17)9-12-6-4-11(8-14)5-7-12/h4-7,10,15H,9H2,1-3H3. The van der Waals surface area contributed by atoms with Gasteiger partial charge in [0.25, 0.3) is 0 Å². The molecule has 0 radical (unpaired) electrons. The van der Waals surface area contributed by atoms with Crippen molar-refractivity contribution in [2.45, 2.75) is 32.9 Å². The number of benzene rings is 1. The fourth-order valence-corrected chi connectivity index (χ4v) is 1.17. The van der Waals surface area contributed by atoms with Crippen LogP contribution in [-0.4, -0.2) is 17.0 Å². The maximum atomic E-state index is 10.9. The van der Waals surface area contributed by atoms with Gasteiger partial charge in [0.2, 0.25) is 6.41 Å². The van der Waals surface area contributed by atoms with E-state index in [1.165, 1.54) is 5.01 Å². The van der Waals surface area contributed by atoms with Crippen LogP contribution in [0.4, 0.5) is 0 Å². The molecule has 0 spiro atoms. The molecule has 0 aliphatic carbocycles. The first-order valence-corrected chi connectivity index (χ1v) is 5.59. The Balaban J connectivity index is 2.57. The predicted molar refractivity (Wildman–Crippen MR) is 66.7 cm³/mol. The van der Waals surface area contributed by atoms with Crippen molar-refractivity contribution in [3.05, 3.63) is 35.4 Å².